The Morgan fingerprint density at radius 2 is 1.20 bits per heavy atom. The first-order valence-electron chi connectivity index (χ1n) is 27.1. The van der Waals surface area contributed by atoms with E-state index < -0.39 is 41.7 Å². The van der Waals surface area contributed by atoms with Gasteiger partial charge in [0.25, 0.3) is 5.56 Å². The summed E-state index contributed by atoms with van der Waals surface area (Å²) >= 11 is 5.50. The van der Waals surface area contributed by atoms with Crippen LogP contribution in [0.25, 0.3) is 5.69 Å². The number of Topliss-reactive ketones (excluding diaryl/α,β-unsaturated/α-hetero) is 1. The van der Waals surface area contributed by atoms with Crippen LogP contribution in [0.15, 0.2) is 77.6 Å². The summed E-state index contributed by atoms with van der Waals surface area (Å²) in [5.41, 5.74) is 6.11. The van der Waals surface area contributed by atoms with Gasteiger partial charge in [-0.2, -0.15) is 0 Å². The van der Waals surface area contributed by atoms with Crippen LogP contribution in [0.5, 0.6) is 17.2 Å². The molecule has 3 aromatic carbocycles. The maximum atomic E-state index is 13.3. The minimum absolute atomic E-state index is 0.0622. The lowest BCUT2D eigenvalue weighted by atomic mass is 9.70. The summed E-state index contributed by atoms with van der Waals surface area (Å²) in [6, 6.07) is 22.1. The van der Waals surface area contributed by atoms with E-state index in [1.54, 1.807) is 52.1 Å². The first-order chi connectivity index (χ1) is 36.6. The summed E-state index contributed by atoms with van der Waals surface area (Å²) in [6.45, 7) is 31.4. The van der Waals surface area contributed by atoms with E-state index >= 15 is 0 Å². The zero-order valence-electron chi connectivity index (χ0n) is 49.9. The highest BCUT2D eigenvalue weighted by atomic mass is 35.5. The van der Waals surface area contributed by atoms with E-state index in [9.17, 15) is 24.0 Å². The number of aromatic nitrogens is 2. The number of nitrogens with zero attached hydrogens (tertiary/aromatic N) is 4. The molecule has 4 aliphatic rings. The van der Waals surface area contributed by atoms with Crippen molar-refractivity contribution in [2.24, 2.45) is 41.0 Å². The monoisotopic (exact) mass is 1120 g/mol. The van der Waals surface area contributed by atoms with Crippen molar-refractivity contribution in [3.8, 4) is 22.9 Å². The van der Waals surface area contributed by atoms with Crippen molar-refractivity contribution in [1.82, 2.24) is 19.4 Å². The van der Waals surface area contributed by atoms with Crippen LogP contribution in [0, 0.1) is 28.1 Å². The van der Waals surface area contributed by atoms with E-state index in [2.05, 4.69) is 44.7 Å². The number of hydrogen-bond acceptors (Lipinski definition) is 14. The Morgan fingerprint density at radius 1 is 0.722 bits per heavy atom. The lowest BCUT2D eigenvalue weighted by Gasteiger charge is -2.36. The number of rotatable bonds is 11. The van der Waals surface area contributed by atoms with Crippen molar-refractivity contribution in [3.05, 3.63) is 94.4 Å². The number of nitrogens with one attached hydrogen (secondary N) is 1. The van der Waals surface area contributed by atoms with Crippen LogP contribution < -0.4 is 36.5 Å². The molecule has 8 rings (SSSR count). The third-order valence-corrected chi connectivity index (χ3v) is 16.1. The Hall–Kier alpha value is -6.02. The fourth-order valence-corrected chi connectivity index (χ4v) is 11.5. The molecule has 79 heavy (non-hydrogen) atoms. The number of nitrogens with two attached hydrogens (primary N) is 1. The zero-order chi connectivity index (χ0) is 59.8. The van der Waals surface area contributed by atoms with Crippen LogP contribution in [0.4, 0.5) is 15.3 Å². The molecule has 20 heteroatoms. The normalized spacial score (nSPS) is 21.4. The van der Waals surface area contributed by atoms with Gasteiger partial charge in [0, 0.05) is 43.0 Å². The van der Waals surface area contributed by atoms with Crippen molar-refractivity contribution < 1.29 is 52.9 Å². The van der Waals surface area contributed by atoms with Crippen molar-refractivity contribution in [2.75, 3.05) is 39.3 Å². The highest BCUT2D eigenvalue weighted by molar-refractivity contribution is 6.65. The number of amides is 2. The molecule has 0 aliphatic heterocycles. The number of hydrazine groups is 2. The SMILES string of the molecule is CC1(C)[C@@H]2CC[C@@]1(C)C(=O)C2C(=O)Cl.CCOc1ccccc1-n1c(=O)c2c(n1C)[C@]1(C)CC[C@H]2C1(C)C.CCOc1ccccc1B(O)O.CCOc1ccccc1NN(C)C(=O)OC(C)(C)C.CN(N)C(=O)OC(C)(C)C. The predicted octanol–water partition coefficient (Wildman–Crippen LogP) is 9.91. The summed E-state index contributed by atoms with van der Waals surface area (Å²) in [5.74, 6) is 7.13. The second-order valence-corrected chi connectivity index (χ2v) is 24.2. The lowest BCUT2D eigenvalue weighted by molar-refractivity contribution is -0.135. The van der Waals surface area contributed by atoms with Gasteiger partial charge in [0.1, 0.15) is 34.1 Å². The van der Waals surface area contributed by atoms with Gasteiger partial charge < -0.3 is 33.7 Å². The van der Waals surface area contributed by atoms with E-state index in [0.717, 1.165) is 53.4 Å². The molecule has 5 atom stereocenters. The molecule has 436 valence electrons. The summed E-state index contributed by atoms with van der Waals surface area (Å²) < 4.78 is 30.4. The van der Waals surface area contributed by atoms with E-state index in [4.69, 9.17) is 51.2 Å². The molecule has 18 nitrogen and oxygen atoms in total. The Bertz CT molecular complexity index is 2820. The lowest BCUT2D eigenvalue weighted by Crippen LogP contribution is -2.38. The number of carbonyl (C=O) groups excluding carboxylic acids is 4. The van der Waals surface area contributed by atoms with Crippen LogP contribution in [0.3, 0.4) is 0 Å². The van der Waals surface area contributed by atoms with Gasteiger partial charge >= 0.3 is 19.3 Å². The highest BCUT2D eigenvalue weighted by Gasteiger charge is 2.67. The largest absolute Gasteiger partial charge is 0.494 e. The fourth-order valence-electron chi connectivity index (χ4n) is 11.3. The zero-order valence-corrected chi connectivity index (χ0v) is 50.7. The van der Waals surface area contributed by atoms with Gasteiger partial charge in [-0.25, -0.2) is 30.1 Å². The summed E-state index contributed by atoms with van der Waals surface area (Å²) in [6.07, 6.45) is 3.17. The number of carbonyl (C=O) groups is 4. The minimum atomic E-state index is -1.47. The molecule has 3 saturated carbocycles. The van der Waals surface area contributed by atoms with Crippen molar-refractivity contribution in [1.29, 1.82) is 0 Å². The number of para-hydroxylation sites is 5. The molecule has 1 unspecified atom stereocenters. The van der Waals surface area contributed by atoms with Crippen LogP contribution in [-0.2, 0) is 31.5 Å². The topological polar surface area (TPSA) is 226 Å². The standard InChI is InChI=1S/C20H26N2O2.C14H22N2O3.C11H15ClO2.C8H11BO3.C6H14N2O2/c1-6-24-15-10-8-7-9-14(15)22-18(23)16-13-11-12-20(4,19(13,2)3)17(16)21(22)5;1-6-18-12-10-8-7-9-11(12)15-16(5)13(17)19-14(2,3)4;1-10(2)6-4-5-11(10,3)8(13)7(6)9(12)14;1-2-12-8-6-4-3-5-7(8)9(10)11;1-6(2,3)10-5(9)8(4)7/h7-10,13H,6,11-12H2,1-5H3;7-10,15H,6H2,1-5H3;6-7H,4-5H2,1-3H3;3-6,10-11H,2H2,1H3;7H2,1-4H3/t13-,20+;;6-,7?,11+;;/m1.1../s1. The van der Waals surface area contributed by atoms with Crippen molar-refractivity contribution >= 4 is 53.1 Å². The molecule has 3 fully saturated rings. The third kappa shape index (κ3) is 14.5. The summed E-state index contributed by atoms with van der Waals surface area (Å²) in [7, 11) is 3.60. The molecule has 0 radical (unpaired) electrons. The molecule has 4 bridgehead atoms. The second-order valence-electron chi connectivity index (χ2n) is 23.8. The Balaban J connectivity index is 0.000000221. The van der Waals surface area contributed by atoms with E-state index in [-0.39, 0.29) is 38.9 Å². The maximum absolute atomic E-state index is 13.3. The maximum Gasteiger partial charge on any atom is 0.492 e. The number of anilines is 1. The second kappa shape index (κ2) is 26.1. The molecule has 0 spiro atoms. The molecule has 4 aromatic rings. The van der Waals surface area contributed by atoms with Crippen LogP contribution in [-0.4, -0.2) is 105 Å². The van der Waals surface area contributed by atoms with Crippen LogP contribution >= 0.6 is 11.6 Å². The molecule has 2 amide bonds. The van der Waals surface area contributed by atoms with Crippen molar-refractivity contribution in [2.45, 2.75) is 152 Å². The van der Waals surface area contributed by atoms with E-state index in [1.807, 2.05) is 109 Å². The molecule has 1 aromatic heterocycles. The van der Waals surface area contributed by atoms with Crippen molar-refractivity contribution in [3.63, 3.8) is 0 Å². The number of hydrogen-bond donors (Lipinski definition) is 4. The molecule has 5 N–H and O–H groups in total. The summed E-state index contributed by atoms with van der Waals surface area (Å²) in [4.78, 5) is 59.2. The predicted molar refractivity (Wildman–Crippen MR) is 310 cm³/mol. The van der Waals surface area contributed by atoms with E-state index in [1.165, 1.54) is 17.8 Å². The molecule has 0 saturated heterocycles. The number of halogens is 1. The molecule has 1 heterocycles. The minimum Gasteiger partial charge on any atom is -0.494 e. The van der Waals surface area contributed by atoms with Gasteiger partial charge in [0.2, 0.25) is 5.24 Å². The first kappa shape index (κ1) is 65.5. The third-order valence-electron chi connectivity index (χ3n) is 15.9. The number of ketones is 1. The van der Waals surface area contributed by atoms with Gasteiger partial charge in [0.05, 0.1) is 37.1 Å². The Labute approximate surface area is 473 Å². The smallest absolute Gasteiger partial charge is 0.492 e. The van der Waals surface area contributed by atoms with Gasteiger partial charge in [-0.3, -0.25) is 24.5 Å². The van der Waals surface area contributed by atoms with Crippen LogP contribution in [0.1, 0.15) is 147 Å². The highest BCUT2D eigenvalue weighted by Crippen LogP contribution is 2.67. The first-order valence-corrected chi connectivity index (χ1v) is 27.5. The number of fused-ring (bicyclic) bond motifs is 7. The van der Waals surface area contributed by atoms with E-state index in [0.29, 0.717) is 42.7 Å². The Morgan fingerprint density at radius 3 is 1.67 bits per heavy atom. The number of benzene rings is 3. The fraction of sp³-hybridized carbons (Fsp3) is 0.576. The Kier molecular flexibility index (Phi) is 21.6. The number of ether oxygens (including phenoxy) is 5. The average molecular weight is 1120 g/mol. The summed E-state index contributed by atoms with van der Waals surface area (Å²) in [5, 5.41) is 19.6. The van der Waals surface area contributed by atoms with Gasteiger partial charge in [-0.1, -0.05) is 84.0 Å². The quantitative estimate of drug-likeness (QED) is 0.0274. The molecular formula is C59H88BClN6O12. The van der Waals surface area contributed by atoms with Gasteiger partial charge in [0.15, 0.2) is 5.78 Å². The molecule has 4 aliphatic carbocycles. The molecular weight excluding hydrogens is 1030 g/mol. The average Bonchev–Trinajstić information content (AvgIpc) is 3.30. The van der Waals surface area contributed by atoms with Crippen LogP contribution in [0.2, 0.25) is 0 Å². The van der Waals surface area contributed by atoms with Gasteiger partial charge in [-0.15, -0.1) is 0 Å². The van der Waals surface area contributed by atoms with Gasteiger partial charge in [-0.05, 0) is 153 Å².